The van der Waals surface area contributed by atoms with Gasteiger partial charge in [-0.25, -0.2) is 14.6 Å². The lowest BCUT2D eigenvalue weighted by molar-refractivity contribution is -0.122. The fraction of sp³-hybridized carbons (Fsp3) is 0.524. The van der Waals surface area contributed by atoms with E-state index in [0.29, 0.717) is 35.1 Å². The zero-order valence-corrected chi connectivity index (χ0v) is 32.0. The molecule has 2 aromatic carbocycles. The van der Waals surface area contributed by atoms with Gasteiger partial charge in [0.05, 0.1) is 6.57 Å². The quantitative estimate of drug-likeness (QED) is 0.114. The van der Waals surface area contributed by atoms with Crippen molar-refractivity contribution in [2.24, 2.45) is 17.8 Å². The number of hydrogen-bond acceptors (Lipinski definition) is 5. The second-order valence-corrected chi connectivity index (χ2v) is 15.9. The Labute approximate surface area is 303 Å². The minimum Gasteiger partial charge on any atom is -0.480 e. The van der Waals surface area contributed by atoms with Crippen LogP contribution in [0.4, 0.5) is 11.4 Å². The van der Waals surface area contributed by atoms with E-state index in [1.165, 1.54) is 5.56 Å². The molecule has 3 unspecified atom stereocenters. The van der Waals surface area contributed by atoms with Crippen LogP contribution in [-0.2, 0) is 20.4 Å². The first-order valence-electron chi connectivity index (χ1n) is 18.5. The minimum absolute atomic E-state index is 0.0278. The lowest BCUT2D eigenvalue weighted by Crippen LogP contribution is -2.37. The van der Waals surface area contributed by atoms with Crippen molar-refractivity contribution in [2.45, 2.75) is 124 Å². The van der Waals surface area contributed by atoms with Gasteiger partial charge in [-0.05, 0) is 84.5 Å². The Hall–Kier alpha value is -4.58. The molecule has 0 spiro atoms. The van der Waals surface area contributed by atoms with Crippen molar-refractivity contribution in [2.75, 3.05) is 5.32 Å². The van der Waals surface area contributed by atoms with Gasteiger partial charge in [0.1, 0.15) is 17.4 Å². The van der Waals surface area contributed by atoms with Gasteiger partial charge in [0, 0.05) is 23.0 Å². The fourth-order valence-corrected chi connectivity index (χ4v) is 7.36. The summed E-state index contributed by atoms with van der Waals surface area (Å²) in [5.74, 6) is 1.50. The summed E-state index contributed by atoms with van der Waals surface area (Å²) in [4.78, 5) is 35.6. The number of nitrogens with zero attached hydrogens (tertiary/aromatic N) is 3. The average molecular weight is 694 g/mol. The number of nitrogens with one attached hydrogen (secondary N) is 2. The number of aromatic amines is 1. The Morgan fingerprint density at radius 2 is 1.71 bits per heavy atom. The van der Waals surface area contributed by atoms with E-state index in [1.807, 2.05) is 37.3 Å². The maximum absolute atomic E-state index is 13.7. The number of H-pyrrole nitrogens is 1. The van der Waals surface area contributed by atoms with Crippen LogP contribution >= 0.6 is 0 Å². The molecule has 2 heterocycles. The van der Waals surface area contributed by atoms with E-state index in [4.69, 9.17) is 21.0 Å². The summed E-state index contributed by atoms with van der Waals surface area (Å²) in [7, 11) is 0. The van der Waals surface area contributed by atoms with Gasteiger partial charge in [-0.15, -0.1) is 0 Å². The Kier molecular flexibility index (Phi) is 11.0. The van der Waals surface area contributed by atoms with Gasteiger partial charge >= 0.3 is 5.97 Å². The Balaban J connectivity index is 1.36. The van der Waals surface area contributed by atoms with Crippen LogP contribution in [-0.4, -0.2) is 38.7 Å². The van der Waals surface area contributed by atoms with Crippen molar-refractivity contribution >= 4 is 28.9 Å². The third kappa shape index (κ3) is 7.85. The molecule has 1 amide bonds. The average Bonchev–Trinajstić information content (AvgIpc) is 3.67. The summed E-state index contributed by atoms with van der Waals surface area (Å²) in [5, 5.41) is 6.24. The van der Waals surface area contributed by atoms with Gasteiger partial charge < -0.3 is 14.8 Å². The standard InChI is InChI=1S/C42H55N5O4/c1-12-33(50-34-19-18-29(41(7,8)13-2)23-31(34)42(9,10)14-3)39(48)44-30-17-15-16-28(22-30)37-45-38-35(32(43-11)24-47(38)46-37)40(49)51-36-26(5)20-25(4)21-27(36)6/h15-19,22-27,33,36H,12-14,20-21H2,1-10H3,(H,44,48)(H,45,46). The molecule has 0 bridgehead atoms. The van der Waals surface area contributed by atoms with Crippen LogP contribution in [0.25, 0.3) is 21.9 Å². The number of carbonyl (C=O) groups is 2. The number of aromatic nitrogens is 3. The first-order valence-corrected chi connectivity index (χ1v) is 18.5. The second kappa shape index (κ2) is 15.0. The number of esters is 1. The Bertz CT molecular complexity index is 1920. The molecule has 1 fully saturated rings. The van der Waals surface area contributed by atoms with E-state index in [2.05, 4.69) is 89.7 Å². The Morgan fingerprint density at radius 1 is 1.02 bits per heavy atom. The lowest BCUT2D eigenvalue weighted by Gasteiger charge is -2.37. The number of benzene rings is 2. The van der Waals surface area contributed by atoms with Crippen LogP contribution < -0.4 is 10.1 Å². The number of anilines is 1. The van der Waals surface area contributed by atoms with Crippen LogP contribution in [0.15, 0.2) is 48.7 Å². The molecule has 51 heavy (non-hydrogen) atoms. The third-order valence-corrected chi connectivity index (χ3v) is 11.2. The minimum atomic E-state index is -0.703. The number of amides is 1. The van der Waals surface area contributed by atoms with Crippen molar-refractivity contribution in [1.82, 2.24) is 14.6 Å². The monoisotopic (exact) mass is 693 g/mol. The third-order valence-electron chi connectivity index (χ3n) is 11.2. The Morgan fingerprint density at radius 3 is 2.33 bits per heavy atom. The van der Waals surface area contributed by atoms with Crippen LogP contribution in [0.1, 0.15) is 123 Å². The highest BCUT2D eigenvalue weighted by Gasteiger charge is 2.36. The molecule has 3 atom stereocenters. The second-order valence-electron chi connectivity index (χ2n) is 15.9. The van der Waals surface area contributed by atoms with Crippen molar-refractivity contribution in [3.8, 4) is 17.1 Å². The molecular weight excluding hydrogens is 638 g/mol. The SMILES string of the molecule is [C-]#[N+]c1cn2[nH]c(-c3cccc(NC(=O)C(CC)Oc4ccc(C(C)(C)CC)cc4C(C)(C)CC)c3)nc2c1C(=O)OC1C(C)CC(C)CC1C. The zero-order valence-electron chi connectivity index (χ0n) is 32.0. The van der Waals surface area contributed by atoms with E-state index in [0.717, 1.165) is 37.0 Å². The maximum atomic E-state index is 13.7. The van der Waals surface area contributed by atoms with Crippen LogP contribution in [0.2, 0.25) is 0 Å². The number of rotatable bonds is 12. The molecule has 4 aromatic rings. The van der Waals surface area contributed by atoms with Crippen LogP contribution in [0, 0.1) is 24.3 Å². The van der Waals surface area contributed by atoms with Gasteiger partial charge in [0.25, 0.3) is 5.91 Å². The molecule has 1 aliphatic carbocycles. The highest BCUT2D eigenvalue weighted by atomic mass is 16.5. The predicted molar refractivity (Wildman–Crippen MR) is 204 cm³/mol. The highest BCUT2D eigenvalue weighted by Crippen LogP contribution is 2.40. The van der Waals surface area contributed by atoms with Gasteiger partial charge in [0.15, 0.2) is 17.6 Å². The summed E-state index contributed by atoms with van der Waals surface area (Å²) in [6.45, 7) is 29.5. The summed E-state index contributed by atoms with van der Waals surface area (Å²) >= 11 is 0. The van der Waals surface area contributed by atoms with Crippen molar-refractivity contribution in [1.29, 1.82) is 0 Å². The van der Waals surface area contributed by atoms with Gasteiger partial charge in [0.2, 0.25) is 5.69 Å². The van der Waals surface area contributed by atoms with E-state index >= 15 is 0 Å². The van der Waals surface area contributed by atoms with Crippen molar-refractivity contribution in [3.63, 3.8) is 0 Å². The smallest absolute Gasteiger partial charge is 0.331 e. The number of ether oxygens (including phenoxy) is 2. The molecule has 1 saturated carbocycles. The molecule has 9 nitrogen and oxygen atoms in total. The van der Waals surface area contributed by atoms with E-state index in [9.17, 15) is 9.59 Å². The molecule has 272 valence electrons. The first-order chi connectivity index (χ1) is 24.1. The van der Waals surface area contributed by atoms with Crippen molar-refractivity contribution in [3.05, 3.63) is 76.8 Å². The first kappa shape index (κ1) is 37.7. The molecular formula is C42H55N5O4. The predicted octanol–water partition coefficient (Wildman–Crippen LogP) is 10.3. The van der Waals surface area contributed by atoms with Crippen molar-refractivity contribution < 1.29 is 19.1 Å². The number of fused-ring (bicyclic) bond motifs is 1. The van der Waals surface area contributed by atoms with Gasteiger partial charge in [-0.3, -0.25) is 14.4 Å². The summed E-state index contributed by atoms with van der Waals surface area (Å²) in [5.41, 5.74) is 4.24. The van der Waals surface area contributed by atoms with E-state index in [1.54, 1.807) is 10.7 Å². The van der Waals surface area contributed by atoms with E-state index < -0.39 is 12.1 Å². The molecule has 0 saturated heterocycles. The molecule has 2 aromatic heterocycles. The topological polar surface area (TPSA) is 102 Å². The van der Waals surface area contributed by atoms with Gasteiger partial charge in [-0.2, -0.15) is 0 Å². The number of hydrogen-bond donors (Lipinski definition) is 2. The van der Waals surface area contributed by atoms with Crippen LogP contribution in [0.3, 0.4) is 0 Å². The molecule has 1 aliphatic rings. The normalized spacial score (nSPS) is 20.1. The summed E-state index contributed by atoms with van der Waals surface area (Å²) in [6, 6.07) is 13.8. The van der Waals surface area contributed by atoms with Crippen LogP contribution in [0.5, 0.6) is 5.75 Å². The molecule has 5 rings (SSSR count). The zero-order chi connectivity index (χ0) is 37.2. The molecule has 9 heteroatoms. The fourth-order valence-electron chi connectivity index (χ4n) is 7.36. The number of carbonyl (C=O) groups excluding carboxylic acids is 2. The van der Waals surface area contributed by atoms with Gasteiger partial charge in [-0.1, -0.05) is 93.5 Å². The maximum Gasteiger partial charge on any atom is 0.331 e. The molecule has 0 aliphatic heterocycles. The summed E-state index contributed by atoms with van der Waals surface area (Å²) in [6.07, 6.45) is 5.08. The largest absolute Gasteiger partial charge is 0.480 e. The molecule has 0 radical (unpaired) electrons. The van der Waals surface area contributed by atoms with E-state index in [-0.39, 0.29) is 45.9 Å². The lowest BCUT2D eigenvalue weighted by atomic mass is 9.75. The summed E-state index contributed by atoms with van der Waals surface area (Å²) < 4.78 is 14.1. The highest BCUT2D eigenvalue weighted by molar-refractivity contribution is 6.03. The molecule has 2 N–H and O–H groups in total.